The van der Waals surface area contributed by atoms with Crippen molar-refractivity contribution in [3.8, 4) is 0 Å². The largest absolute Gasteiger partial charge is 0.320 e. The molecule has 4 heteroatoms. The maximum Gasteiger partial charge on any atom is 0.113 e. The van der Waals surface area contributed by atoms with Crippen molar-refractivity contribution < 1.29 is 0 Å². The van der Waals surface area contributed by atoms with Crippen molar-refractivity contribution in [2.24, 2.45) is 0 Å². The van der Waals surface area contributed by atoms with Crippen LogP contribution in [-0.4, -0.2) is 28.6 Å². The van der Waals surface area contributed by atoms with Gasteiger partial charge in [-0.05, 0) is 54.5 Å². The summed E-state index contributed by atoms with van der Waals surface area (Å²) < 4.78 is 0. The van der Waals surface area contributed by atoms with Crippen LogP contribution >= 0.6 is 0 Å². The SMILES string of the molecule is CNCCC(c1ccc2ccccc2c1)n1nc2ccccc2n1. The van der Waals surface area contributed by atoms with Gasteiger partial charge in [0.2, 0.25) is 0 Å². The Hall–Kier alpha value is -2.72. The van der Waals surface area contributed by atoms with Crippen LogP contribution in [0.2, 0.25) is 0 Å². The molecule has 4 rings (SSSR count). The van der Waals surface area contributed by atoms with Crippen molar-refractivity contribution in [3.05, 3.63) is 72.3 Å². The molecule has 0 bridgehead atoms. The maximum atomic E-state index is 4.70. The molecule has 0 aliphatic heterocycles. The van der Waals surface area contributed by atoms with Crippen LogP contribution in [0.1, 0.15) is 18.0 Å². The first kappa shape index (κ1) is 14.8. The molecule has 0 radical (unpaired) electrons. The van der Waals surface area contributed by atoms with Crippen molar-refractivity contribution in [1.29, 1.82) is 0 Å². The lowest BCUT2D eigenvalue weighted by molar-refractivity contribution is 0.435. The summed E-state index contributed by atoms with van der Waals surface area (Å²) in [7, 11) is 1.98. The molecule has 0 saturated heterocycles. The second-order valence-electron chi connectivity index (χ2n) is 6.02. The predicted molar refractivity (Wildman–Crippen MR) is 98.2 cm³/mol. The van der Waals surface area contributed by atoms with E-state index in [0.29, 0.717) is 0 Å². The van der Waals surface area contributed by atoms with Crippen molar-refractivity contribution in [2.75, 3.05) is 13.6 Å². The third kappa shape index (κ3) is 2.76. The second-order valence-corrected chi connectivity index (χ2v) is 6.02. The minimum atomic E-state index is 0.120. The molecule has 120 valence electrons. The van der Waals surface area contributed by atoms with Crippen LogP contribution < -0.4 is 5.32 Å². The molecule has 0 aliphatic carbocycles. The van der Waals surface area contributed by atoms with Crippen LogP contribution in [0, 0.1) is 0 Å². The summed E-state index contributed by atoms with van der Waals surface area (Å²) in [5.41, 5.74) is 3.12. The van der Waals surface area contributed by atoms with Gasteiger partial charge in [-0.3, -0.25) is 0 Å². The Morgan fingerprint density at radius 3 is 2.25 bits per heavy atom. The lowest BCUT2D eigenvalue weighted by atomic mass is 10.00. The van der Waals surface area contributed by atoms with Gasteiger partial charge in [-0.2, -0.15) is 15.0 Å². The molecular weight excluding hydrogens is 296 g/mol. The minimum absolute atomic E-state index is 0.120. The monoisotopic (exact) mass is 316 g/mol. The summed E-state index contributed by atoms with van der Waals surface area (Å²) in [6, 6.07) is 23.2. The number of benzene rings is 3. The molecule has 0 saturated carbocycles. The highest BCUT2D eigenvalue weighted by Crippen LogP contribution is 2.25. The van der Waals surface area contributed by atoms with Crippen molar-refractivity contribution >= 4 is 21.8 Å². The van der Waals surface area contributed by atoms with E-state index in [4.69, 9.17) is 10.2 Å². The van der Waals surface area contributed by atoms with E-state index in [0.717, 1.165) is 24.0 Å². The second kappa shape index (κ2) is 6.42. The third-order valence-corrected chi connectivity index (χ3v) is 4.41. The minimum Gasteiger partial charge on any atom is -0.320 e. The molecule has 1 heterocycles. The van der Waals surface area contributed by atoms with Gasteiger partial charge < -0.3 is 5.32 Å². The quantitative estimate of drug-likeness (QED) is 0.609. The number of rotatable bonds is 5. The lowest BCUT2D eigenvalue weighted by Crippen LogP contribution is -2.19. The van der Waals surface area contributed by atoms with E-state index in [2.05, 4.69) is 47.8 Å². The van der Waals surface area contributed by atoms with Crippen LogP contribution in [0.15, 0.2) is 66.7 Å². The number of hydrogen-bond donors (Lipinski definition) is 1. The van der Waals surface area contributed by atoms with Gasteiger partial charge in [0.05, 0.1) is 6.04 Å². The van der Waals surface area contributed by atoms with Gasteiger partial charge in [0.15, 0.2) is 0 Å². The molecule has 1 N–H and O–H groups in total. The fourth-order valence-electron chi connectivity index (χ4n) is 3.13. The summed E-state index contributed by atoms with van der Waals surface area (Å²) in [6.07, 6.45) is 0.940. The fourth-order valence-corrected chi connectivity index (χ4v) is 3.13. The molecule has 0 amide bonds. The zero-order valence-electron chi connectivity index (χ0n) is 13.7. The van der Waals surface area contributed by atoms with Crippen LogP contribution in [-0.2, 0) is 0 Å². The van der Waals surface area contributed by atoms with Crippen LogP contribution in [0.25, 0.3) is 21.8 Å². The highest BCUT2D eigenvalue weighted by atomic mass is 15.5. The molecule has 4 aromatic rings. The van der Waals surface area contributed by atoms with E-state index >= 15 is 0 Å². The number of nitrogens with zero attached hydrogens (tertiary/aromatic N) is 3. The summed E-state index contributed by atoms with van der Waals surface area (Å²) in [6.45, 7) is 0.912. The Labute approximate surface area is 141 Å². The van der Waals surface area contributed by atoms with E-state index in [1.807, 2.05) is 36.1 Å². The summed E-state index contributed by atoms with van der Waals surface area (Å²) in [4.78, 5) is 1.87. The Balaban J connectivity index is 1.79. The third-order valence-electron chi connectivity index (χ3n) is 4.41. The summed E-state index contributed by atoms with van der Waals surface area (Å²) in [5.74, 6) is 0. The standard InChI is InChI=1S/C20H20N4/c1-21-13-12-20(24-22-18-8-4-5-9-19(18)23-24)17-11-10-15-6-2-3-7-16(15)14-17/h2-11,14,20-21H,12-13H2,1H3. The summed E-state index contributed by atoms with van der Waals surface area (Å²) in [5, 5.41) is 15.1. The first-order chi connectivity index (χ1) is 11.8. The Morgan fingerprint density at radius 1 is 0.875 bits per heavy atom. The molecule has 1 unspecified atom stereocenters. The molecule has 1 atom stereocenters. The molecule has 4 nitrogen and oxygen atoms in total. The van der Waals surface area contributed by atoms with Gasteiger partial charge in [0.1, 0.15) is 11.0 Å². The number of hydrogen-bond acceptors (Lipinski definition) is 3. The van der Waals surface area contributed by atoms with Gasteiger partial charge in [-0.15, -0.1) is 0 Å². The average Bonchev–Trinajstić information content (AvgIpc) is 3.05. The number of nitrogens with one attached hydrogen (secondary N) is 1. The molecule has 1 aromatic heterocycles. The van der Waals surface area contributed by atoms with E-state index in [-0.39, 0.29) is 6.04 Å². The molecular formula is C20H20N4. The van der Waals surface area contributed by atoms with Crippen molar-refractivity contribution in [3.63, 3.8) is 0 Å². The van der Waals surface area contributed by atoms with Gasteiger partial charge >= 0.3 is 0 Å². The van der Waals surface area contributed by atoms with Crippen molar-refractivity contribution in [1.82, 2.24) is 20.3 Å². The Bertz CT molecular complexity index is 940. The van der Waals surface area contributed by atoms with Crippen LogP contribution in [0.4, 0.5) is 0 Å². The van der Waals surface area contributed by atoms with Gasteiger partial charge in [0.25, 0.3) is 0 Å². The highest BCUT2D eigenvalue weighted by Gasteiger charge is 2.17. The highest BCUT2D eigenvalue weighted by molar-refractivity contribution is 5.83. The number of aromatic nitrogens is 3. The maximum absolute atomic E-state index is 4.70. The van der Waals surface area contributed by atoms with Gasteiger partial charge in [0, 0.05) is 0 Å². The Kier molecular flexibility index (Phi) is 3.97. The first-order valence-electron chi connectivity index (χ1n) is 8.30. The van der Waals surface area contributed by atoms with E-state index in [1.54, 1.807) is 0 Å². The zero-order valence-corrected chi connectivity index (χ0v) is 13.7. The predicted octanol–water partition coefficient (Wildman–Crippen LogP) is 3.78. The molecule has 0 spiro atoms. The van der Waals surface area contributed by atoms with Gasteiger partial charge in [-0.25, -0.2) is 0 Å². The van der Waals surface area contributed by atoms with E-state index in [1.165, 1.54) is 16.3 Å². The summed E-state index contributed by atoms with van der Waals surface area (Å²) >= 11 is 0. The van der Waals surface area contributed by atoms with E-state index < -0.39 is 0 Å². The van der Waals surface area contributed by atoms with E-state index in [9.17, 15) is 0 Å². The van der Waals surface area contributed by atoms with Crippen molar-refractivity contribution in [2.45, 2.75) is 12.5 Å². The smallest absolute Gasteiger partial charge is 0.113 e. The average molecular weight is 316 g/mol. The normalized spacial score (nSPS) is 12.7. The van der Waals surface area contributed by atoms with Crippen LogP contribution in [0.3, 0.4) is 0 Å². The molecule has 0 fully saturated rings. The van der Waals surface area contributed by atoms with Crippen LogP contribution in [0.5, 0.6) is 0 Å². The van der Waals surface area contributed by atoms with Gasteiger partial charge in [-0.1, -0.05) is 48.5 Å². The lowest BCUT2D eigenvalue weighted by Gasteiger charge is -2.17. The molecule has 3 aromatic carbocycles. The Morgan fingerprint density at radius 2 is 1.54 bits per heavy atom. The number of fused-ring (bicyclic) bond motifs is 2. The zero-order chi connectivity index (χ0) is 16.4. The first-order valence-corrected chi connectivity index (χ1v) is 8.30. The fraction of sp³-hybridized carbons (Fsp3) is 0.200. The topological polar surface area (TPSA) is 42.7 Å². The molecule has 0 aliphatic rings. The molecule has 24 heavy (non-hydrogen) atoms.